The Morgan fingerprint density at radius 1 is 1.22 bits per heavy atom. The SMILES string of the molecule is Cn1ncc2c1CCC[C@@H]2NC(=O)N1CCC([C@@H](O)c2ccccc2)CC1. The van der Waals surface area contributed by atoms with Gasteiger partial charge in [-0.1, -0.05) is 30.3 Å². The number of hydrogen-bond acceptors (Lipinski definition) is 3. The second kappa shape index (κ2) is 7.72. The van der Waals surface area contributed by atoms with Crippen LogP contribution in [-0.2, 0) is 13.5 Å². The molecule has 4 rings (SSSR count). The smallest absolute Gasteiger partial charge is 0.317 e. The maximum Gasteiger partial charge on any atom is 0.317 e. The number of aliphatic hydroxyl groups is 1. The number of urea groups is 1. The summed E-state index contributed by atoms with van der Waals surface area (Å²) in [5.74, 6) is 0.205. The highest BCUT2D eigenvalue weighted by Gasteiger charge is 2.30. The number of likely N-dealkylation sites (tertiary alicyclic amines) is 1. The number of rotatable bonds is 3. The molecule has 2 aromatic rings. The highest BCUT2D eigenvalue weighted by atomic mass is 16.3. The van der Waals surface area contributed by atoms with E-state index in [-0.39, 0.29) is 18.0 Å². The summed E-state index contributed by atoms with van der Waals surface area (Å²) >= 11 is 0. The first kappa shape index (κ1) is 18.0. The van der Waals surface area contributed by atoms with Gasteiger partial charge in [0.2, 0.25) is 0 Å². The van der Waals surface area contributed by atoms with Crippen LogP contribution in [0.3, 0.4) is 0 Å². The molecule has 1 aliphatic carbocycles. The second-order valence-corrected chi connectivity index (χ2v) is 7.74. The minimum Gasteiger partial charge on any atom is -0.388 e. The monoisotopic (exact) mass is 368 g/mol. The van der Waals surface area contributed by atoms with Gasteiger partial charge in [0.1, 0.15) is 0 Å². The van der Waals surface area contributed by atoms with E-state index in [2.05, 4.69) is 10.4 Å². The van der Waals surface area contributed by atoms with Gasteiger partial charge in [-0.25, -0.2) is 4.79 Å². The predicted molar refractivity (Wildman–Crippen MR) is 103 cm³/mol. The average molecular weight is 368 g/mol. The van der Waals surface area contributed by atoms with Gasteiger partial charge in [-0.15, -0.1) is 0 Å². The van der Waals surface area contributed by atoms with Gasteiger partial charge in [0.25, 0.3) is 0 Å². The second-order valence-electron chi connectivity index (χ2n) is 7.74. The number of amides is 2. The zero-order chi connectivity index (χ0) is 18.8. The molecule has 6 nitrogen and oxygen atoms in total. The van der Waals surface area contributed by atoms with Crippen molar-refractivity contribution in [2.75, 3.05) is 13.1 Å². The normalized spacial score (nSPS) is 21.6. The largest absolute Gasteiger partial charge is 0.388 e. The fourth-order valence-electron chi connectivity index (χ4n) is 4.44. The molecule has 0 radical (unpaired) electrons. The summed E-state index contributed by atoms with van der Waals surface area (Å²) in [5, 5.41) is 18.2. The summed E-state index contributed by atoms with van der Waals surface area (Å²) in [5.41, 5.74) is 3.36. The molecule has 27 heavy (non-hydrogen) atoms. The van der Waals surface area contributed by atoms with E-state index in [1.165, 1.54) is 5.69 Å². The van der Waals surface area contributed by atoms with Crippen LogP contribution in [0.25, 0.3) is 0 Å². The van der Waals surface area contributed by atoms with Crippen molar-refractivity contribution >= 4 is 6.03 Å². The first-order valence-electron chi connectivity index (χ1n) is 9.92. The lowest BCUT2D eigenvalue weighted by atomic mass is 9.87. The summed E-state index contributed by atoms with van der Waals surface area (Å²) in [6, 6.07) is 9.88. The predicted octanol–water partition coefficient (Wildman–Crippen LogP) is 2.95. The summed E-state index contributed by atoms with van der Waals surface area (Å²) in [6.07, 6.45) is 6.16. The molecular weight excluding hydrogens is 340 g/mol. The van der Waals surface area contributed by atoms with Crippen molar-refractivity contribution in [2.45, 2.75) is 44.2 Å². The summed E-state index contributed by atoms with van der Waals surface area (Å²) in [4.78, 5) is 14.6. The molecule has 0 spiro atoms. The van der Waals surface area contributed by atoms with Crippen LogP contribution in [-0.4, -0.2) is 38.9 Å². The van der Waals surface area contributed by atoms with E-state index in [9.17, 15) is 9.90 Å². The minimum absolute atomic E-state index is 0.00403. The molecule has 0 unspecified atom stereocenters. The van der Waals surface area contributed by atoms with Crippen molar-refractivity contribution in [3.63, 3.8) is 0 Å². The Kier molecular flexibility index (Phi) is 5.16. The Morgan fingerprint density at radius 2 is 1.96 bits per heavy atom. The fraction of sp³-hybridized carbons (Fsp3) is 0.524. The number of hydrogen-bond donors (Lipinski definition) is 2. The lowest BCUT2D eigenvalue weighted by molar-refractivity contribution is 0.0660. The standard InChI is InChI=1S/C21H28N4O2/c1-24-19-9-5-8-18(17(19)14-22-24)23-21(27)25-12-10-16(11-13-25)20(26)15-6-3-2-4-7-15/h2-4,6-7,14,16,18,20,26H,5,8-13H2,1H3,(H,23,27)/t18-,20-/m0/s1. The van der Waals surface area contributed by atoms with Gasteiger partial charge in [-0.3, -0.25) is 4.68 Å². The molecule has 6 heteroatoms. The van der Waals surface area contributed by atoms with Crippen LogP contribution < -0.4 is 5.32 Å². The van der Waals surface area contributed by atoms with Crippen molar-refractivity contribution in [2.24, 2.45) is 13.0 Å². The van der Waals surface area contributed by atoms with E-state index < -0.39 is 6.10 Å². The Balaban J connectivity index is 1.33. The van der Waals surface area contributed by atoms with E-state index in [0.717, 1.165) is 43.2 Å². The summed E-state index contributed by atoms with van der Waals surface area (Å²) in [7, 11) is 1.96. The van der Waals surface area contributed by atoms with Crippen LogP contribution in [0.2, 0.25) is 0 Å². The molecule has 1 aromatic heterocycles. The maximum atomic E-state index is 12.8. The molecule has 2 heterocycles. The molecular formula is C21H28N4O2. The summed E-state index contributed by atoms with van der Waals surface area (Å²) < 4.78 is 1.92. The van der Waals surface area contributed by atoms with Crippen LogP contribution in [0.1, 0.15) is 54.6 Å². The molecule has 144 valence electrons. The maximum absolute atomic E-state index is 12.8. The van der Waals surface area contributed by atoms with E-state index in [1.54, 1.807) is 0 Å². The van der Waals surface area contributed by atoms with Gasteiger partial charge < -0.3 is 15.3 Å². The first-order chi connectivity index (χ1) is 13.1. The Bertz CT molecular complexity index is 781. The molecule has 2 atom stereocenters. The fourth-order valence-corrected chi connectivity index (χ4v) is 4.44. The van der Waals surface area contributed by atoms with E-state index in [4.69, 9.17) is 0 Å². The van der Waals surface area contributed by atoms with E-state index >= 15 is 0 Å². The number of fused-ring (bicyclic) bond motifs is 1. The molecule has 2 N–H and O–H groups in total. The van der Waals surface area contributed by atoms with Crippen molar-refractivity contribution in [3.8, 4) is 0 Å². The van der Waals surface area contributed by atoms with Crippen LogP contribution >= 0.6 is 0 Å². The molecule has 1 aromatic carbocycles. The third-order valence-electron chi connectivity index (χ3n) is 6.09. The topological polar surface area (TPSA) is 70.4 Å². The van der Waals surface area contributed by atoms with Crippen LogP contribution in [0.5, 0.6) is 0 Å². The van der Waals surface area contributed by atoms with E-state index in [1.807, 2.05) is 53.2 Å². The number of piperidine rings is 1. The minimum atomic E-state index is -0.451. The van der Waals surface area contributed by atoms with Gasteiger partial charge in [-0.2, -0.15) is 5.10 Å². The highest BCUT2D eigenvalue weighted by molar-refractivity contribution is 5.75. The molecule has 1 fully saturated rings. The third kappa shape index (κ3) is 3.72. The van der Waals surface area contributed by atoms with Crippen LogP contribution in [0.15, 0.2) is 36.5 Å². The van der Waals surface area contributed by atoms with Gasteiger partial charge in [0.05, 0.1) is 18.3 Å². The van der Waals surface area contributed by atoms with Gasteiger partial charge in [0.15, 0.2) is 0 Å². The molecule has 1 aliphatic heterocycles. The number of aliphatic hydroxyl groups excluding tert-OH is 1. The van der Waals surface area contributed by atoms with Crippen molar-refractivity contribution in [1.29, 1.82) is 0 Å². The van der Waals surface area contributed by atoms with Crippen LogP contribution in [0, 0.1) is 5.92 Å². The lowest BCUT2D eigenvalue weighted by Gasteiger charge is -2.35. The van der Waals surface area contributed by atoms with Gasteiger partial charge in [0, 0.05) is 31.4 Å². The lowest BCUT2D eigenvalue weighted by Crippen LogP contribution is -2.46. The number of nitrogens with zero attached hydrogens (tertiary/aromatic N) is 3. The van der Waals surface area contributed by atoms with Crippen molar-refractivity contribution < 1.29 is 9.90 Å². The van der Waals surface area contributed by atoms with Gasteiger partial charge in [-0.05, 0) is 43.6 Å². The molecule has 2 amide bonds. The molecule has 0 saturated carbocycles. The third-order valence-corrected chi connectivity index (χ3v) is 6.09. The highest BCUT2D eigenvalue weighted by Crippen LogP contribution is 2.32. The van der Waals surface area contributed by atoms with E-state index in [0.29, 0.717) is 13.1 Å². The summed E-state index contributed by atoms with van der Waals surface area (Å²) in [6.45, 7) is 1.38. The number of benzene rings is 1. The van der Waals surface area contributed by atoms with Crippen molar-refractivity contribution in [1.82, 2.24) is 20.0 Å². The zero-order valence-corrected chi connectivity index (χ0v) is 15.8. The zero-order valence-electron chi connectivity index (χ0n) is 15.8. The number of nitrogens with one attached hydrogen (secondary N) is 1. The Labute approximate surface area is 160 Å². The van der Waals surface area contributed by atoms with Gasteiger partial charge >= 0.3 is 6.03 Å². The average Bonchev–Trinajstić information content (AvgIpc) is 3.10. The molecule has 1 saturated heterocycles. The molecule has 0 bridgehead atoms. The Hall–Kier alpha value is -2.34. The number of aromatic nitrogens is 2. The first-order valence-corrected chi connectivity index (χ1v) is 9.92. The number of carbonyl (C=O) groups excluding carboxylic acids is 1. The quantitative estimate of drug-likeness (QED) is 0.875. The number of carbonyl (C=O) groups is 1. The number of aryl methyl sites for hydroxylation is 1. The van der Waals surface area contributed by atoms with Crippen LogP contribution in [0.4, 0.5) is 4.79 Å². The van der Waals surface area contributed by atoms with Crippen molar-refractivity contribution in [3.05, 3.63) is 53.3 Å². The Morgan fingerprint density at radius 3 is 2.70 bits per heavy atom. The molecule has 2 aliphatic rings.